The van der Waals surface area contributed by atoms with Gasteiger partial charge in [-0.1, -0.05) is 67.3 Å². The summed E-state index contributed by atoms with van der Waals surface area (Å²) in [6, 6.07) is 8.59. The van der Waals surface area contributed by atoms with Crippen molar-refractivity contribution in [2.24, 2.45) is 25.9 Å². The minimum atomic E-state index is -2.97. The first-order chi connectivity index (χ1) is 26.7. The number of aliphatic hydroxyl groups excluding tert-OH is 2. The second-order valence-electron chi connectivity index (χ2n) is 13.1. The number of aryl methyl sites for hydroxylation is 2. The van der Waals surface area contributed by atoms with E-state index in [2.05, 4.69) is 9.47 Å². The first-order valence-electron chi connectivity index (χ1n) is 17.4. The Morgan fingerprint density at radius 3 is 1.53 bits per heavy atom. The standard InChI is InChI=1S/C19H20Cl2F2NO3.C19H18Cl2F2NO3.CH4O.2CH4.B.Na.H/c2*1-24-8-14(20)13(15(21)9-24)7-16(25)12-4-5-17(27-19(22)23)18(6-12)26-10-11-2-3-11;1-2;;;;;/h4-6,8-9,11,16,19,25H,2-3,7,10H2,1H3;4-6,8-9,11,19H,2-3,7,10H2,1H3;2H,1H3;2*1H4;;;/q2*+1;;;;;+1;-1. The van der Waals surface area contributed by atoms with Crippen LogP contribution in [0.2, 0.25) is 20.1 Å². The van der Waals surface area contributed by atoms with E-state index in [4.69, 9.17) is 61.0 Å². The molecule has 2 aromatic carbocycles. The van der Waals surface area contributed by atoms with E-state index in [9.17, 15) is 27.5 Å². The van der Waals surface area contributed by atoms with E-state index in [0.29, 0.717) is 67.4 Å². The first-order valence-corrected chi connectivity index (χ1v) is 18.9. The molecular weight excluding hydrogens is 884 g/mol. The van der Waals surface area contributed by atoms with Crippen LogP contribution in [0.25, 0.3) is 0 Å². The van der Waals surface area contributed by atoms with Gasteiger partial charge in [0.25, 0.3) is 0 Å². The van der Waals surface area contributed by atoms with Gasteiger partial charge in [-0.3, -0.25) is 4.79 Å². The quantitative estimate of drug-likeness (QED) is 0.0557. The van der Waals surface area contributed by atoms with E-state index in [1.165, 1.54) is 36.4 Å². The number of benzene rings is 2. The molecule has 9 nitrogen and oxygen atoms in total. The van der Waals surface area contributed by atoms with Gasteiger partial charge in [0.15, 0.2) is 53.6 Å². The van der Waals surface area contributed by atoms with E-state index in [-0.39, 0.29) is 95.9 Å². The maximum atomic E-state index is 12.7. The fourth-order valence-corrected chi connectivity index (χ4v) is 6.68. The summed E-state index contributed by atoms with van der Waals surface area (Å²) in [5, 5.41) is 19.2. The van der Waals surface area contributed by atoms with Crippen molar-refractivity contribution in [3.63, 3.8) is 0 Å². The van der Waals surface area contributed by atoms with Crippen molar-refractivity contribution >= 4 is 60.6 Å². The number of aromatic nitrogens is 2. The molecule has 2 saturated carbocycles. The van der Waals surface area contributed by atoms with Crippen LogP contribution in [0.4, 0.5) is 17.6 Å². The predicted octanol–water partition coefficient (Wildman–Crippen LogP) is 6.73. The van der Waals surface area contributed by atoms with Crippen molar-refractivity contribution in [2.45, 2.75) is 72.7 Å². The molecule has 325 valence electrons. The Labute approximate surface area is 395 Å². The van der Waals surface area contributed by atoms with E-state index in [1.54, 1.807) is 48.0 Å². The maximum absolute atomic E-state index is 12.7. The molecule has 4 aromatic rings. The summed E-state index contributed by atoms with van der Waals surface area (Å²) in [6.45, 7) is -5.08. The van der Waals surface area contributed by atoms with Crippen molar-refractivity contribution in [1.82, 2.24) is 0 Å². The third-order valence-electron chi connectivity index (χ3n) is 8.55. The van der Waals surface area contributed by atoms with Gasteiger partial charge in [0.1, 0.15) is 34.2 Å². The topological polar surface area (TPSA) is 102 Å². The van der Waals surface area contributed by atoms with Crippen LogP contribution in [0.3, 0.4) is 0 Å². The number of ketones is 1. The second-order valence-corrected chi connectivity index (χ2v) is 14.8. The minimum absolute atomic E-state index is 0. The van der Waals surface area contributed by atoms with Gasteiger partial charge in [0, 0.05) is 45.1 Å². The van der Waals surface area contributed by atoms with Gasteiger partial charge in [-0.15, -0.1) is 0 Å². The van der Waals surface area contributed by atoms with E-state index in [1.807, 2.05) is 0 Å². The van der Waals surface area contributed by atoms with E-state index in [0.717, 1.165) is 32.8 Å². The number of hydrogen-bond acceptors (Lipinski definition) is 7. The smallest absolute Gasteiger partial charge is 1.00 e. The number of nitrogens with zero attached hydrogens (tertiary/aromatic N) is 2. The predicted molar refractivity (Wildman–Crippen MR) is 223 cm³/mol. The molecule has 2 N–H and O–H groups in total. The van der Waals surface area contributed by atoms with Crippen LogP contribution >= 0.6 is 46.4 Å². The van der Waals surface area contributed by atoms with Crippen LogP contribution < -0.4 is 57.6 Å². The van der Waals surface area contributed by atoms with E-state index >= 15 is 0 Å². The number of carbonyl (C=O) groups excluding carboxylic acids is 1. The SMILES string of the molecule is C.C.CO.C[n+]1cc(Cl)c(CC(=O)c2ccc(OC(F)F)c(OCC3CC3)c2)c(Cl)c1.C[n+]1cc(Cl)c(CC(O)c2ccc(OC(F)F)c(OCC3CC3)c2)c(Cl)c1.[B].[H-].[Na+]. The summed E-state index contributed by atoms with van der Waals surface area (Å²) in [5.41, 5.74) is 1.93. The molecule has 2 aromatic heterocycles. The fourth-order valence-electron chi connectivity index (χ4n) is 5.28. The minimum Gasteiger partial charge on any atom is -1.00 e. The summed E-state index contributed by atoms with van der Waals surface area (Å²) < 4.78 is 74.1. The Morgan fingerprint density at radius 1 is 0.717 bits per heavy atom. The number of Topliss-reactive ketones (excluding diaryl/α,β-unsaturated/α-hetero) is 1. The zero-order valence-corrected chi connectivity index (χ0v) is 37.3. The number of rotatable bonds is 16. The normalized spacial score (nSPS) is 13.1. The molecule has 0 saturated heterocycles. The number of hydrogen-bond donors (Lipinski definition) is 2. The van der Waals surface area contributed by atoms with Crippen molar-refractivity contribution in [2.75, 3.05) is 20.3 Å². The number of alkyl halides is 4. The molecule has 3 radical (unpaired) electrons. The van der Waals surface area contributed by atoms with Crippen molar-refractivity contribution in [3.8, 4) is 23.0 Å². The van der Waals surface area contributed by atoms with Crippen LogP contribution in [0.1, 0.15) is 75.1 Å². The van der Waals surface area contributed by atoms with Crippen molar-refractivity contribution in [1.29, 1.82) is 0 Å². The number of aliphatic hydroxyl groups is 2. The molecule has 1 atom stereocenters. The Balaban J connectivity index is 0. The molecule has 0 amide bonds. The van der Waals surface area contributed by atoms with Gasteiger partial charge in [0.2, 0.25) is 0 Å². The molecule has 19 heteroatoms. The number of carbonyl (C=O) groups is 1. The summed E-state index contributed by atoms with van der Waals surface area (Å²) in [5.74, 6) is 0.786. The van der Waals surface area contributed by atoms with Gasteiger partial charge >= 0.3 is 42.8 Å². The molecule has 0 spiro atoms. The third-order valence-corrected chi connectivity index (χ3v) is 9.85. The average molecular weight is 935 g/mol. The molecule has 0 bridgehead atoms. The Bertz CT molecular complexity index is 1930. The zero-order chi connectivity index (χ0) is 41.1. The number of halogens is 8. The third kappa shape index (κ3) is 18.1. The van der Waals surface area contributed by atoms with Crippen LogP contribution in [-0.2, 0) is 26.9 Å². The Hall–Kier alpha value is -2.53. The molecule has 60 heavy (non-hydrogen) atoms. The number of pyridine rings is 2. The van der Waals surface area contributed by atoms with Crippen molar-refractivity contribution < 1.29 is 91.6 Å². The monoisotopic (exact) mass is 933 g/mol. The van der Waals surface area contributed by atoms with Gasteiger partial charge in [0.05, 0.1) is 19.3 Å². The summed E-state index contributed by atoms with van der Waals surface area (Å²) >= 11 is 24.8. The van der Waals surface area contributed by atoms with Crippen LogP contribution in [-0.4, -0.2) is 58.0 Å². The summed E-state index contributed by atoms with van der Waals surface area (Å²) in [6.07, 6.45) is 10.1. The molecule has 0 aliphatic heterocycles. The first kappa shape index (κ1) is 57.5. The van der Waals surface area contributed by atoms with E-state index < -0.39 is 19.3 Å². The van der Waals surface area contributed by atoms with Gasteiger partial charge in [-0.2, -0.15) is 17.6 Å². The maximum Gasteiger partial charge on any atom is 1.00 e. The Kier molecular flexibility index (Phi) is 26.4. The molecule has 2 fully saturated rings. The molecule has 1 unspecified atom stereocenters. The summed E-state index contributed by atoms with van der Waals surface area (Å²) in [7, 11) is 4.57. The van der Waals surface area contributed by atoms with Crippen LogP contribution in [0.5, 0.6) is 23.0 Å². The molecule has 6 rings (SSSR count). The van der Waals surface area contributed by atoms with Gasteiger partial charge in [-0.05, 0) is 73.4 Å². The largest absolute Gasteiger partial charge is 1.00 e. The molecule has 2 aliphatic rings. The Morgan fingerprint density at radius 2 is 1.12 bits per heavy atom. The molecular formula is C41H51BCl4F4N2NaO7+2. The fraction of sp³-hybridized carbons (Fsp3) is 0.439. The zero-order valence-electron chi connectivity index (χ0n) is 33.2. The number of ether oxygens (including phenoxy) is 4. The molecule has 2 heterocycles. The van der Waals surface area contributed by atoms with Crippen LogP contribution in [0.15, 0.2) is 61.2 Å². The average Bonchev–Trinajstić information content (AvgIpc) is 4.07. The second kappa shape index (κ2) is 27.5. The van der Waals surface area contributed by atoms with Gasteiger partial charge < -0.3 is 30.6 Å². The molecule has 2 aliphatic carbocycles. The van der Waals surface area contributed by atoms with Gasteiger partial charge in [-0.25, -0.2) is 9.13 Å². The summed E-state index contributed by atoms with van der Waals surface area (Å²) in [4.78, 5) is 12.7. The van der Waals surface area contributed by atoms with Crippen LogP contribution in [0, 0.1) is 11.8 Å². The van der Waals surface area contributed by atoms with Crippen molar-refractivity contribution in [3.05, 3.63) is 104 Å².